The quantitative estimate of drug-likeness (QED) is 0.486. The van der Waals surface area contributed by atoms with Crippen molar-refractivity contribution < 1.29 is 18.7 Å². The Morgan fingerprint density at radius 3 is 2.63 bits per heavy atom. The number of nitrogens with zero attached hydrogens (tertiary/aromatic N) is 2. The second-order valence-corrected chi connectivity index (χ2v) is 6.72. The predicted molar refractivity (Wildman–Crippen MR) is 110 cm³/mol. The normalized spacial score (nSPS) is 10.9. The first kappa shape index (κ1) is 19.4. The summed E-state index contributed by atoms with van der Waals surface area (Å²) in [6.07, 6.45) is 0. The van der Waals surface area contributed by atoms with Crippen LogP contribution in [0.2, 0.25) is 0 Å². The van der Waals surface area contributed by atoms with E-state index in [1.54, 1.807) is 61.0 Å². The molecule has 0 aliphatic rings. The Hall–Kier alpha value is -3.94. The van der Waals surface area contributed by atoms with Crippen LogP contribution in [0.5, 0.6) is 0 Å². The molecule has 0 atom stereocenters. The number of aromatic amines is 1. The molecule has 2 aromatic heterocycles. The van der Waals surface area contributed by atoms with Crippen molar-refractivity contribution in [3.8, 4) is 5.69 Å². The van der Waals surface area contributed by atoms with Gasteiger partial charge in [0, 0.05) is 22.5 Å². The van der Waals surface area contributed by atoms with Crippen LogP contribution in [0.3, 0.4) is 0 Å². The molecule has 4 aromatic rings. The van der Waals surface area contributed by atoms with Gasteiger partial charge in [-0.05, 0) is 62.4 Å². The first-order valence-electron chi connectivity index (χ1n) is 9.38. The zero-order chi connectivity index (χ0) is 21.3. The Labute approximate surface area is 171 Å². The Bertz CT molecular complexity index is 1240. The van der Waals surface area contributed by atoms with Crippen LogP contribution in [0.1, 0.15) is 33.5 Å². The topological polar surface area (TPSA) is 89.0 Å². The highest BCUT2D eigenvalue weighted by Gasteiger charge is 2.15. The summed E-state index contributed by atoms with van der Waals surface area (Å²) in [6, 6.07) is 14.3. The number of benzene rings is 2. The van der Waals surface area contributed by atoms with Crippen LogP contribution in [-0.2, 0) is 4.74 Å². The van der Waals surface area contributed by atoms with Crippen molar-refractivity contribution in [3.63, 3.8) is 0 Å². The van der Waals surface area contributed by atoms with Gasteiger partial charge in [-0.3, -0.25) is 4.79 Å². The molecule has 0 aliphatic heterocycles. The maximum Gasteiger partial charge on any atom is 0.354 e. The Balaban J connectivity index is 1.60. The van der Waals surface area contributed by atoms with Gasteiger partial charge in [-0.15, -0.1) is 0 Å². The van der Waals surface area contributed by atoms with Crippen molar-refractivity contribution in [2.24, 2.45) is 0 Å². The van der Waals surface area contributed by atoms with Gasteiger partial charge in [-0.1, -0.05) is 0 Å². The van der Waals surface area contributed by atoms with Crippen molar-refractivity contribution >= 4 is 28.6 Å². The molecule has 2 N–H and O–H groups in total. The molecule has 1 amide bonds. The second-order valence-electron chi connectivity index (χ2n) is 6.72. The van der Waals surface area contributed by atoms with E-state index in [0.29, 0.717) is 33.8 Å². The van der Waals surface area contributed by atoms with Gasteiger partial charge < -0.3 is 15.0 Å². The van der Waals surface area contributed by atoms with Gasteiger partial charge in [0.15, 0.2) is 0 Å². The van der Waals surface area contributed by atoms with Crippen LogP contribution in [0.15, 0.2) is 54.6 Å². The summed E-state index contributed by atoms with van der Waals surface area (Å²) < 4.78 is 19.8. The monoisotopic (exact) mass is 406 g/mol. The number of hydrogen-bond donors (Lipinski definition) is 2. The first-order chi connectivity index (χ1) is 14.4. The SMILES string of the molecule is CCOC(=O)c1cc2cc(C(=O)Nc3cc(C)nn3-c3ccc(F)cc3)ccc2[nH]1. The number of aryl methyl sites for hydroxylation is 1. The lowest BCUT2D eigenvalue weighted by Gasteiger charge is -2.09. The molecule has 0 fully saturated rings. The van der Waals surface area contributed by atoms with Crippen LogP contribution in [0, 0.1) is 12.7 Å². The molecule has 0 unspecified atom stereocenters. The lowest BCUT2D eigenvalue weighted by Crippen LogP contribution is -2.15. The van der Waals surface area contributed by atoms with Crippen LogP contribution in [-0.4, -0.2) is 33.2 Å². The number of amides is 1. The summed E-state index contributed by atoms with van der Waals surface area (Å²) >= 11 is 0. The Morgan fingerprint density at radius 2 is 1.90 bits per heavy atom. The summed E-state index contributed by atoms with van der Waals surface area (Å²) in [7, 11) is 0. The Morgan fingerprint density at radius 1 is 1.13 bits per heavy atom. The summed E-state index contributed by atoms with van der Waals surface area (Å²) in [5, 5.41) is 7.93. The minimum absolute atomic E-state index is 0.281. The van der Waals surface area contributed by atoms with Crippen molar-refractivity contribution in [1.29, 1.82) is 0 Å². The zero-order valence-corrected chi connectivity index (χ0v) is 16.4. The number of rotatable bonds is 5. The third-order valence-electron chi connectivity index (χ3n) is 4.52. The lowest BCUT2D eigenvalue weighted by atomic mass is 10.1. The molecule has 30 heavy (non-hydrogen) atoms. The minimum atomic E-state index is -0.446. The molecule has 4 rings (SSSR count). The molecular formula is C22H19FN4O3. The number of esters is 1. The third kappa shape index (κ3) is 3.80. The molecule has 0 aliphatic carbocycles. The summed E-state index contributed by atoms with van der Waals surface area (Å²) in [6.45, 7) is 3.82. The summed E-state index contributed by atoms with van der Waals surface area (Å²) in [5.74, 6) is -0.668. The fourth-order valence-corrected chi connectivity index (χ4v) is 3.15. The number of anilines is 1. The van der Waals surface area contributed by atoms with Crippen LogP contribution in [0.4, 0.5) is 10.2 Å². The van der Waals surface area contributed by atoms with E-state index in [9.17, 15) is 14.0 Å². The largest absolute Gasteiger partial charge is 0.461 e. The maximum absolute atomic E-state index is 13.2. The van der Waals surface area contributed by atoms with Gasteiger partial charge in [0.2, 0.25) is 0 Å². The lowest BCUT2D eigenvalue weighted by molar-refractivity contribution is 0.0520. The number of H-pyrrole nitrogens is 1. The van der Waals surface area contributed by atoms with Crippen LogP contribution < -0.4 is 5.32 Å². The zero-order valence-electron chi connectivity index (χ0n) is 16.4. The van der Waals surface area contributed by atoms with E-state index in [4.69, 9.17) is 4.74 Å². The predicted octanol–water partition coefficient (Wildman–Crippen LogP) is 4.23. The Kier molecular flexibility index (Phi) is 5.05. The van der Waals surface area contributed by atoms with Crippen molar-refractivity contribution in [3.05, 3.63) is 77.4 Å². The number of carbonyl (C=O) groups excluding carboxylic acids is 2. The maximum atomic E-state index is 13.2. The molecule has 0 radical (unpaired) electrons. The van der Waals surface area contributed by atoms with Gasteiger partial charge in [-0.25, -0.2) is 13.9 Å². The molecular weight excluding hydrogens is 387 g/mol. The van der Waals surface area contributed by atoms with E-state index in [0.717, 1.165) is 5.52 Å². The minimum Gasteiger partial charge on any atom is -0.461 e. The number of carbonyl (C=O) groups is 2. The van der Waals surface area contributed by atoms with E-state index < -0.39 is 5.97 Å². The average Bonchev–Trinajstić information content (AvgIpc) is 3.31. The van der Waals surface area contributed by atoms with E-state index in [2.05, 4.69) is 15.4 Å². The van der Waals surface area contributed by atoms with Gasteiger partial charge >= 0.3 is 5.97 Å². The van der Waals surface area contributed by atoms with Crippen molar-refractivity contribution in [1.82, 2.24) is 14.8 Å². The molecule has 2 aromatic carbocycles. The van der Waals surface area contributed by atoms with Crippen LogP contribution >= 0.6 is 0 Å². The fourth-order valence-electron chi connectivity index (χ4n) is 3.15. The highest BCUT2D eigenvalue weighted by Crippen LogP contribution is 2.21. The molecule has 0 saturated heterocycles. The van der Waals surface area contributed by atoms with E-state index >= 15 is 0 Å². The summed E-state index contributed by atoms with van der Waals surface area (Å²) in [4.78, 5) is 27.7. The summed E-state index contributed by atoms with van der Waals surface area (Å²) in [5.41, 5.74) is 2.80. The number of fused-ring (bicyclic) bond motifs is 1. The van der Waals surface area contributed by atoms with E-state index in [-0.39, 0.29) is 18.3 Å². The van der Waals surface area contributed by atoms with Gasteiger partial charge in [0.05, 0.1) is 18.0 Å². The van der Waals surface area contributed by atoms with E-state index in [1.165, 1.54) is 12.1 Å². The smallest absolute Gasteiger partial charge is 0.354 e. The molecule has 7 nitrogen and oxygen atoms in total. The van der Waals surface area contributed by atoms with Gasteiger partial charge in [-0.2, -0.15) is 5.10 Å². The van der Waals surface area contributed by atoms with Crippen molar-refractivity contribution in [2.75, 3.05) is 11.9 Å². The van der Waals surface area contributed by atoms with Gasteiger partial charge in [0.25, 0.3) is 5.91 Å². The average molecular weight is 406 g/mol. The van der Waals surface area contributed by atoms with E-state index in [1.807, 2.05) is 0 Å². The molecule has 8 heteroatoms. The number of halogens is 1. The first-order valence-corrected chi connectivity index (χ1v) is 9.38. The molecule has 0 bridgehead atoms. The standard InChI is InChI=1S/C22H19FN4O3/c1-3-30-22(29)19-12-15-11-14(4-9-18(15)24-19)21(28)25-20-10-13(2)26-27(20)17-7-5-16(23)6-8-17/h4-12,24H,3H2,1-2H3,(H,25,28). The highest BCUT2D eigenvalue weighted by molar-refractivity contribution is 6.06. The van der Waals surface area contributed by atoms with Crippen molar-refractivity contribution in [2.45, 2.75) is 13.8 Å². The molecule has 0 spiro atoms. The highest BCUT2D eigenvalue weighted by atomic mass is 19.1. The third-order valence-corrected chi connectivity index (χ3v) is 4.52. The number of aromatic nitrogens is 3. The molecule has 0 saturated carbocycles. The van der Waals surface area contributed by atoms with Gasteiger partial charge in [0.1, 0.15) is 17.3 Å². The number of hydrogen-bond acceptors (Lipinski definition) is 4. The number of ether oxygens (including phenoxy) is 1. The van der Waals surface area contributed by atoms with Crippen LogP contribution in [0.25, 0.3) is 16.6 Å². The molecule has 2 heterocycles. The fraction of sp³-hybridized carbons (Fsp3) is 0.136. The number of nitrogens with one attached hydrogen (secondary N) is 2. The second kappa shape index (κ2) is 7.82. The molecule has 152 valence electrons.